The van der Waals surface area contributed by atoms with E-state index in [1.54, 1.807) is 10.6 Å². The van der Waals surface area contributed by atoms with Crippen LogP contribution in [0.25, 0.3) is 11.3 Å². The molecule has 0 amide bonds. The first-order valence-corrected chi connectivity index (χ1v) is 11.7. The van der Waals surface area contributed by atoms with E-state index >= 15 is 0 Å². The molecule has 0 radical (unpaired) electrons. The molecule has 0 aliphatic heterocycles. The Bertz CT molecular complexity index is 1100. The van der Waals surface area contributed by atoms with E-state index in [9.17, 15) is 14.7 Å². The standard InChI is InChI=1S/C25H29N3O3S/c1-4-22-27-21(18-8-6-5-7-9-18)16-23(29)28(22)15-14-26-19-10-12-20(13-11-19)32-24(17(2)3)25(30)31/h5-13,16-17,24,26H,4,14-15H2,1-3H3,(H,30,31)/t24-/m1/s1. The fourth-order valence-electron chi connectivity index (χ4n) is 3.40. The molecule has 1 atom stereocenters. The predicted octanol–water partition coefficient (Wildman–Crippen LogP) is 4.79. The molecule has 0 aliphatic carbocycles. The number of rotatable bonds is 10. The highest BCUT2D eigenvalue weighted by atomic mass is 32.2. The van der Waals surface area contributed by atoms with Crippen LogP contribution in [0.2, 0.25) is 0 Å². The monoisotopic (exact) mass is 451 g/mol. The molecule has 0 saturated heterocycles. The fraction of sp³-hybridized carbons (Fsp3) is 0.320. The summed E-state index contributed by atoms with van der Waals surface area (Å²) in [5.74, 6) is 0.0119. The second-order valence-electron chi connectivity index (χ2n) is 7.84. The Kier molecular flexibility index (Phi) is 8.11. The summed E-state index contributed by atoms with van der Waals surface area (Å²) in [7, 11) is 0. The second kappa shape index (κ2) is 11.0. The highest BCUT2D eigenvalue weighted by Crippen LogP contribution is 2.29. The molecule has 2 N–H and O–H groups in total. The summed E-state index contributed by atoms with van der Waals surface area (Å²) in [6, 6.07) is 19.0. The van der Waals surface area contributed by atoms with Gasteiger partial charge in [0.15, 0.2) is 0 Å². The lowest BCUT2D eigenvalue weighted by atomic mass is 10.1. The number of thioether (sulfide) groups is 1. The molecule has 7 heteroatoms. The molecule has 3 aromatic rings. The largest absolute Gasteiger partial charge is 0.480 e. The van der Waals surface area contributed by atoms with Gasteiger partial charge in [0.1, 0.15) is 11.1 Å². The number of carboxylic acids is 1. The van der Waals surface area contributed by atoms with Gasteiger partial charge >= 0.3 is 5.97 Å². The zero-order valence-corrected chi connectivity index (χ0v) is 19.4. The topological polar surface area (TPSA) is 84.2 Å². The van der Waals surface area contributed by atoms with E-state index in [4.69, 9.17) is 4.98 Å². The van der Waals surface area contributed by atoms with Crippen LogP contribution in [-0.2, 0) is 17.8 Å². The van der Waals surface area contributed by atoms with Gasteiger partial charge in [-0.15, -0.1) is 11.8 Å². The van der Waals surface area contributed by atoms with E-state index in [0.29, 0.717) is 25.2 Å². The number of aliphatic carboxylic acids is 1. The third kappa shape index (κ3) is 6.01. The minimum Gasteiger partial charge on any atom is -0.480 e. The van der Waals surface area contributed by atoms with Crippen LogP contribution in [0.5, 0.6) is 0 Å². The SMILES string of the molecule is CCc1nc(-c2ccccc2)cc(=O)n1CCNc1ccc(S[C@@H](C(=O)O)C(C)C)cc1. The molecule has 0 fully saturated rings. The van der Waals surface area contributed by atoms with Crippen LogP contribution < -0.4 is 10.9 Å². The van der Waals surface area contributed by atoms with E-state index in [1.165, 1.54) is 11.8 Å². The first kappa shape index (κ1) is 23.6. The van der Waals surface area contributed by atoms with E-state index < -0.39 is 11.2 Å². The number of nitrogens with one attached hydrogen (secondary N) is 1. The van der Waals surface area contributed by atoms with Gasteiger partial charge in [-0.2, -0.15) is 0 Å². The summed E-state index contributed by atoms with van der Waals surface area (Å²) in [5, 5.41) is 12.2. The smallest absolute Gasteiger partial charge is 0.317 e. The second-order valence-corrected chi connectivity index (χ2v) is 9.05. The Balaban J connectivity index is 1.64. The highest BCUT2D eigenvalue weighted by molar-refractivity contribution is 8.00. The molecule has 168 valence electrons. The Morgan fingerprint density at radius 2 is 1.81 bits per heavy atom. The number of benzene rings is 2. The van der Waals surface area contributed by atoms with Crippen molar-refractivity contribution in [1.82, 2.24) is 9.55 Å². The van der Waals surface area contributed by atoms with Gasteiger partial charge in [-0.05, 0) is 30.2 Å². The maximum Gasteiger partial charge on any atom is 0.317 e. The van der Waals surface area contributed by atoms with Gasteiger partial charge in [0.2, 0.25) is 0 Å². The first-order chi connectivity index (χ1) is 15.4. The lowest BCUT2D eigenvalue weighted by Crippen LogP contribution is -2.27. The normalized spacial score (nSPS) is 12.0. The first-order valence-electron chi connectivity index (χ1n) is 10.8. The molecule has 0 saturated carbocycles. The maximum absolute atomic E-state index is 12.7. The van der Waals surface area contributed by atoms with Crippen LogP contribution in [0.3, 0.4) is 0 Å². The maximum atomic E-state index is 12.7. The summed E-state index contributed by atoms with van der Waals surface area (Å²) in [5.41, 5.74) is 2.50. The number of hydrogen-bond donors (Lipinski definition) is 2. The van der Waals surface area contributed by atoms with E-state index in [1.807, 2.05) is 75.4 Å². The number of nitrogens with zero attached hydrogens (tertiary/aromatic N) is 2. The Morgan fingerprint density at radius 3 is 2.41 bits per heavy atom. The summed E-state index contributed by atoms with van der Waals surface area (Å²) in [6.07, 6.45) is 0.669. The Morgan fingerprint density at radius 1 is 1.12 bits per heavy atom. The molecular formula is C25H29N3O3S. The van der Waals surface area contributed by atoms with Gasteiger partial charge in [-0.1, -0.05) is 51.1 Å². The molecule has 0 unspecified atom stereocenters. The van der Waals surface area contributed by atoms with E-state index in [-0.39, 0.29) is 11.5 Å². The van der Waals surface area contributed by atoms with Crippen molar-refractivity contribution < 1.29 is 9.90 Å². The van der Waals surface area contributed by atoms with Gasteiger partial charge in [0.25, 0.3) is 5.56 Å². The lowest BCUT2D eigenvalue weighted by molar-refractivity contribution is -0.137. The molecule has 32 heavy (non-hydrogen) atoms. The third-order valence-corrected chi connectivity index (χ3v) is 6.65. The highest BCUT2D eigenvalue weighted by Gasteiger charge is 2.22. The van der Waals surface area contributed by atoms with Crippen molar-refractivity contribution in [1.29, 1.82) is 0 Å². The summed E-state index contributed by atoms with van der Waals surface area (Å²) < 4.78 is 1.71. The Labute approximate surface area is 192 Å². The van der Waals surface area contributed by atoms with Crippen LogP contribution in [0, 0.1) is 5.92 Å². The molecule has 0 bridgehead atoms. The third-order valence-electron chi connectivity index (χ3n) is 5.10. The minimum atomic E-state index is -0.795. The summed E-state index contributed by atoms with van der Waals surface area (Å²) in [6.45, 7) is 6.91. The van der Waals surface area contributed by atoms with Crippen molar-refractivity contribution in [3.63, 3.8) is 0 Å². The molecule has 0 aliphatic rings. The van der Waals surface area contributed by atoms with Crippen molar-refractivity contribution >= 4 is 23.4 Å². The van der Waals surface area contributed by atoms with Gasteiger partial charge in [0.05, 0.1) is 5.69 Å². The zero-order valence-electron chi connectivity index (χ0n) is 18.6. The molecule has 6 nitrogen and oxygen atoms in total. The average molecular weight is 452 g/mol. The Hall–Kier alpha value is -3.06. The van der Waals surface area contributed by atoms with Crippen molar-refractivity contribution in [3.8, 4) is 11.3 Å². The van der Waals surface area contributed by atoms with Gasteiger partial charge in [-0.25, -0.2) is 4.98 Å². The van der Waals surface area contributed by atoms with Crippen LogP contribution >= 0.6 is 11.8 Å². The van der Waals surface area contributed by atoms with Crippen LogP contribution in [-0.4, -0.2) is 32.4 Å². The number of hydrogen-bond acceptors (Lipinski definition) is 5. The zero-order chi connectivity index (χ0) is 23.1. The molecule has 0 spiro atoms. The predicted molar refractivity (Wildman–Crippen MR) is 130 cm³/mol. The summed E-state index contributed by atoms with van der Waals surface area (Å²) >= 11 is 1.36. The molecule has 1 aromatic heterocycles. The van der Waals surface area contributed by atoms with Gasteiger partial charge in [-0.3, -0.25) is 14.2 Å². The fourth-order valence-corrected chi connectivity index (χ4v) is 4.36. The van der Waals surface area contributed by atoms with Crippen molar-refractivity contribution in [3.05, 3.63) is 76.8 Å². The molecule has 1 heterocycles. The molecule has 3 rings (SSSR count). The minimum absolute atomic E-state index is 0.0447. The van der Waals surface area contributed by atoms with Gasteiger partial charge in [0, 0.05) is 41.7 Å². The van der Waals surface area contributed by atoms with E-state index in [2.05, 4.69) is 5.32 Å². The van der Waals surface area contributed by atoms with Crippen LogP contribution in [0.4, 0.5) is 5.69 Å². The molecule has 2 aromatic carbocycles. The van der Waals surface area contributed by atoms with Crippen molar-refractivity contribution in [2.45, 2.75) is 43.9 Å². The summed E-state index contributed by atoms with van der Waals surface area (Å²) in [4.78, 5) is 29.8. The van der Waals surface area contributed by atoms with E-state index in [0.717, 1.165) is 22.0 Å². The van der Waals surface area contributed by atoms with Crippen LogP contribution in [0.15, 0.2) is 70.4 Å². The van der Waals surface area contributed by atoms with Crippen molar-refractivity contribution in [2.24, 2.45) is 5.92 Å². The number of aryl methyl sites for hydroxylation is 1. The van der Waals surface area contributed by atoms with Crippen molar-refractivity contribution in [2.75, 3.05) is 11.9 Å². The number of carboxylic acid groups (broad SMARTS) is 1. The average Bonchev–Trinajstić information content (AvgIpc) is 2.79. The van der Waals surface area contributed by atoms with Crippen LogP contribution in [0.1, 0.15) is 26.6 Å². The number of carbonyl (C=O) groups is 1. The number of aromatic nitrogens is 2. The number of anilines is 1. The quantitative estimate of drug-likeness (QED) is 0.431. The van der Waals surface area contributed by atoms with Gasteiger partial charge < -0.3 is 10.4 Å². The molecular weight excluding hydrogens is 422 g/mol. The lowest BCUT2D eigenvalue weighted by Gasteiger charge is -2.16.